The number of anilines is 2. The van der Waals surface area contributed by atoms with E-state index < -0.39 is 17.6 Å². The molecule has 2 N–H and O–H groups in total. The number of hydrogen-bond acceptors (Lipinski definition) is 9. The summed E-state index contributed by atoms with van der Waals surface area (Å²) in [4.78, 5) is 42.4. The van der Waals surface area contributed by atoms with Crippen LogP contribution < -0.4 is 24.8 Å². The number of amides is 2. The molecule has 2 aliphatic heterocycles. The van der Waals surface area contributed by atoms with Crippen LogP contribution in [-0.4, -0.2) is 69.5 Å². The highest BCUT2D eigenvalue weighted by Crippen LogP contribution is 2.54. The van der Waals surface area contributed by atoms with Crippen molar-refractivity contribution in [3.05, 3.63) is 89.6 Å². The second kappa shape index (κ2) is 13.8. The van der Waals surface area contributed by atoms with Gasteiger partial charge in [0.2, 0.25) is 5.91 Å². The number of hydrogen-bond donors (Lipinski definition) is 2. The Kier molecular flexibility index (Phi) is 9.02. The van der Waals surface area contributed by atoms with E-state index in [4.69, 9.17) is 24.2 Å². The van der Waals surface area contributed by atoms with Crippen molar-refractivity contribution in [2.24, 2.45) is 11.8 Å². The number of rotatable bonds is 11. The van der Waals surface area contributed by atoms with E-state index in [-0.39, 0.29) is 41.8 Å². The molecule has 280 valence electrons. The van der Waals surface area contributed by atoms with E-state index in [0.717, 1.165) is 49.0 Å². The van der Waals surface area contributed by atoms with E-state index in [1.165, 1.54) is 0 Å². The van der Waals surface area contributed by atoms with Crippen LogP contribution in [0.15, 0.2) is 67.1 Å². The number of halogens is 3. The number of carbonyl (C=O) groups excluding carboxylic acids is 2. The van der Waals surface area contributed by atoms with Crippen LogP contribution in [0.25, 0.3) is 16.8 Å². The van der Waals surface area contributed by atoms with Gasteiger partial charge >= 0.3 is 6.18 Å². The molecule has 2 amide bonds. The van der Waals surface area contributed by atoms with Crippen LogP contribution in [0.4, 0.5) is 24.8 Å². The van der Waals surface area contributed by atoms with Crippen molar-refractivity contribution in [1.82, 2.24) is 24.3 Å². The average molecular weight is 742 g/mol. The molecule has 4 atom stereocenters. The van der Waals surface area contributed by atoms with Crippen molar-refractivity contribution in [2.45, 2.75) is 50.9 Å². The van der Waals surface area contributed by atoms with E-state index in [1.54, 1.807) is 38.6 Å². The molecular formula is C39H38F3N7O5. The van der Waals surface area contributed by atoms with Gasteiger partial charge in [0, 0.05) is 72.3 Å². The fourth-order valence-electron chi connectivity index (χ4n) is 7.88. The third-order valence-electron chi connectivity index (χ3n) is 10.6. The molecule has 5 aromatic rings. The maximum atomic E-state index is 13.3. The summed E-state index contributed by atoms with van der Waals surface area (Å²) in [5, 5.41) is 5.94. The van der Waals surface area contributed by atoms with Crippen LogP contribution in [0, 0.1) is 11.8 Å². The first kappa shape index (κ1) is 35.2. The number of pyridine rings is 1. The number of carbonyl (C=O) groups is 2. The van der Waals surface area contributed by atoms with E-state index in [9.17, 15) is 22.8 Å². The Morgan fingerprint density at radius 3 is 2.63 bits per heavy atom. The average Bonchev–Trinajstić information content (AvgIpc) is 3.81. The molecule has 3 aromatic heterocycles. The number of benzene rings is 2. The van der Waals surface area contributed by atoms with Crippen LogP contribution in [0.5, 0.6) is 17.2 Å². The number of imidazole rings is 1. The number of fused-ring (bicyclic) bond motifs is 4. The zero-order valence-corrected chi connectivity index (χ0v) is 29.8. The lowest BCUT2D eigenvalue weighted by Gasteiger charge is -2.36. The molecule has 8 rings (SSSR count). The largest absolute Gasteiger partial charge is 0.497 e. The lowest BCUT2D eigenvalue weighted by atomic mass is 9.91. The Morgan fingerprint density at radius 2 is 1.85 bits per heavy atom. The predicted molar refractivity (Wildman–Crippen MR) is 193 cm³/mol. The molecule has 15 heteroatoms. The molecule has 12 nitrogen and oxygen atoms in total. The minimum Gasteiger partial charge on any atom is -0.497 e. The topological polar surface area (TPSA) is 132 Å². The molecule has 3 fully saturated rings. The van der Waals surface area contributed by atoms with Crippen molar-refractivity contribution in [3.63, 3.8) is 0 Å². The molecule has 0 radical (unpaired) electrons. The fourth-order valence-corrected chi connectivity index (χ4v) is 7.88. The van der Waals surface area contributed by atoms with Gasteiger partial charge in [-0.2, -0.15) is 13.2 Å². The monoisotopic (exact) mass is 741 g/mol. The van der Waals surface area contributed by atoms with Gasteiger partial charge < -0.3 is 29.7 Å². The molecule has 1 saturated carbocycles. The van der Waals surface area contributed by atoms with Crippen LogP contribution in [0.1, 0.15) is 59.4 Å². The van der Waals surface area contributed by atoms with Crippen molar-refractivity contribution in [1.29, 1.82) is 0 Å². The minimum absolute atomic E-state index is 0.0403. The molecule has 5 heterocycles. The van der Waals surface area contributed by atoms with Gasteiger partial charge in [-0.15, -0.1) is 0 Å². The molecule has 1 aliphatic carbocycles. The van der Waals surface area contributed by atoms with Gasteiger partial charge in [0.15, 0.2) is 5.82 Å². The summed E-state index contributed by atoms with van der Waals surface area (Å²) in [6.07, 6.45) is 2.73. The van der Waals surface area contributed by atoms with E-state index in [2.05, 4.69) is 15.6 Å². The highest BCUT2D eigenvalue weighted by molar-refractivity contribution is 6.05. The van der Waals surface area contributed by atoms with Crippen molar-refractivity contribution in [3.8, 4) is 28.5 Å². The molecule has 2 saturated heterocycles. The first-order chi connectivity index (χ1) is 26.1. The quantitative estimate of drug-likeness (QED) is 0.150. The normalized spacial score (nSPS) is 20.3. The molecule has 0 spiro atoms. The molecular weight excluding hydrogens is 703 g/mol. The Labute approximate surface area is 308 Å². The highest BCUT2D eigenvalue weighted by Gasteiger charge is 2.59. The summed E-state index contributed by atoms with van der Waals surface area (Å²) in [6.45, 7) is 3.00. The summed E-state index contributed by atoms with van der Waals surface area (Å²) in [7, 11) is 3.19. The fraction of sp³-hybridized carbons (Fsp3) is 0.359. The predicted octanol–water partition coefficient (Wildman–Crippen LogP) is 6.81. The second-order valence-corrected chi connectivity index (χ2v) is 13.7. The van der Waals surface area contributed by atoms with Gasteiger partial charge in [-0.3, -0.25) is 14.0 Å². The number of methoxy groups -OCH3 is 2. The minimum atomic E-state index is -4.59. The van der Waals surface area contributed by atoms with Gasteiger partial charge in [0.05, 0.1) is 26.4 Å². The molecule has 0 bridgehead atoms. The SMILES string of the molecule is CCOc1cc(C(=O)Nc2cc(C(F)(F)F)ccn2)ccc1-c1nc(C2CCC3C4CC4C(=O)N3C2)n2ccnc(NCc3ccc(OC)cc3OC)c12. The summed E-state index contributed by atoms with van der Waals surface area (Å²) in [5.74, 6) is 2.89. The summed E-state index contributed by atoms with van der Waals surface area (Å²) in [6, 6.07) is 12.3. The summed E-state index contributed by atoms with van der Waals surface area (Å²) >= 11 is 0. The lowest BCUT2D eigenvalue weighted by molar-refractivity contribution is -0.137. The summed E-state index contributed by atoms with van der Waals surface area (Å²) in [5.41, 5.74) is 1.90. The molecule has 4 unspecified atom stereocenters. The van der Waals surface area contributed by atoms with E-state index in [0.29, 0.717) is 58.8 Å². The lowest BCUT2D eigenvalue weighted by Crippen LogP contribution is -2.43. The summed E-state index contributed by atoms with van der Waals surface area (Å²) < 4.78 is 59.1. The molecule has 3 aliphatic rings. The first-order valence-electron chi connectivity index (χ1n) is 17.8. The number of piperidine rings is 2. The number of nitrogens with one attached hydrogen (secondary N) is 2. The van der Waals surface area contributed by atoms with Crippen molar-refractivity contribution >= 4 is 29.0 Å². The Hall–Kier alpha value is -5.86. The van der Waals surface area contributed by atoms with Gasteiger partial charge in [0.25, 0.3) is 5.91 Å². The third-order valence-corrected chi connectivity index (χ3v) is 10.6. The zero-order valence-electron chi connectivity index (χ0n) is 29.8. The third kappa shape index (κ3) is 6.41. The maximum absolute atomic E-state index is 13.3. The van der Waals surface area contributed by atoms with Crippen molar-refractivity contribution < 1.29 is 37.0 Å². The van der Waals surface area contributed by atoms with E-state index >= 15 is 0 Å². The van der Waals surface area contributed by atoms with Crippen molar-refractivity contribution in [2.75, 3.05) is 38.0 Å². The Morgan fingerprint density at radius 1 is 1.00 bits per heavy atom. The van der Waals surface area contributed by atoms with Gasteiger partial charge in [-0.1, -0.05) is 0 Å². The smallest absolute Gasteiger partial charge is 0.416 e. The second-order valence-electron chi connectivity index (χ2n) is 13.7. The number of nitrogens with zero attached hydrogens (tertiary/aromatic N) is 5. The van der Waals surface area contributed by atoms with Crippen LogP contribution in [-0.2, 0) is 17.5 Å². The standard InChI is InChI=1S/C39H38F3N7O5/c1-4-54-31-15-21(37(50)46-32-16-24(11-12-43-32)39(40,41)42)6-9-26(31)33-34-35(45-19-22-5-8-25(52-2)17-30(22)53-3)44-13-14-48(34)36(47-33)23-7-10-29-27-18-28(27)38(51)49(29)20-23/h5-6,8-9,11-17,23,27-29H,4,7,10,18-20H2,1-3H3,(H,44,45)(H,43,46,50). The van der Waals surface area contributed by atoms with Crippen LogP contribution in [0.2, 0.25) is 0 Å². The van der Waals surface area contributed by atoms with Gasteiger partial charge in [0.1, 0.15) is 40.1 Å². The molecule has 54 heavy (non-hydrogen) atoms. The number of alkyl halides is 3. The highest BCUT2D eigenvalue weighted by atomic mass is 19.4. The van der Waals surface area contributed by atoms with Crippen LogP contribution in [0.3, 0.4) is 0 Å². The number of aromatic nitrogens is 4. The van der Waals surface area contributed by atoms with Crippen LogP contribution >= 0.6 is 0 Å². The maximum Gasteiger partial charge on any atom is 0.416 e. The Balaban J connectivity index is 1.18. The van der Waals surface area contributed by atoms with Gasteiger partial charge in [-0.25, -0.2) is 15.0 Å². The molecule has 2 aromatic carbocycles. The zero-order chi connectivity index (χ0) is 37.7. The van der Waals surface area contributed by atoms with Gasteiger partial charge in [-0.05, 0) is 74.6 Å². The number of ether oxygens (including phenoxy) is 3. The Bertz CT molecular complexity index is 2260. The first-order valence-corrected chi connectivity index (χ1v) is 17.8. The van der Waals surface area contributed by atoms with E-state index in [1.807, 2.05) is 40.6 Å².